The van der Waals surface area contributed by atoms with Crippen molar-refractivity contribution in [2.45, 2.75) is 31.8 Å². The molecule has 34 heavy (non-hydrogen) atoms. The molecule has 1 aliphatic heterocycles. The van der Waals surface area contributed by atoms with Crippen LogP contribution in [0.15, 0.2) is 17.1 Å². The number of rotatable bonds is 14. The molecule has 0 aromatic carbocycles. The average molecular weight is 483 g/mol. The number of Topliss-reactive ketones (excluding diaryl/α,β-unsaturated/α-hetero) is 1. The van der Waals surface area contributed by atoms with Crippen LogP contribution in [0.3, 0.4) is 0 Å². The first-order valence-electron chi connectivity index (χ1n) is 10.4. The number of hydrogen-bond acceptors (Lipinski definition) is 9. The van der Waals surface area contributed by atoms with Crippen molar-refractivity contribution in [3.8, 4) is 0 Å². The van der Waals surface area contributed by atoms with Crippen molar-refractivity contribution in [2.75, 3.05) is 40.5 Å². The van der Waals surface area contributed by atoms with Crippen LogP contribution >= 0.6 is 0 Å². The predicted molar refractivity (Wildman–Crippen MR) is 117 cm³/mol. The summed E-state index contributed by atoms with van der Waals surface area (Å²) in [7, 11) is 2.77. The first-order chi connectivity index (χ1) is 16.2. The molecule has 1 rings (SSSR count). The first-order valence-corrected chi connectivity index (χ1v) is 10.4. The molecule has 0 aromatic heterocycles. The summed E-state index contributed by atoms with van der Waals surface area (Å²) in [5.41, 5.74) is 5.64. The topological polar surface area (TPSA) is 196 Å². The van der Waals surface area contributed by atoms with Gasteiger partial charge in [-0.15, -0.1) is 0 Å². The maximum absolute atomic E-state index is 12.0. The largest absolute Gasteiger partial charge is 0.447 e. The Morgan fingerprint density at radius 2 is 1.56 bits per heavy atom. The number of alkyl carbamates (subject to hydrolysis) is 2. The van der Waals surface area contributed by atoms with Crippen LogP contribution in [0.4, 0.5) is 9.59 Å². The lowest BCUT2D eigenvalue weighted by Gasteiger charge is -2.17. The Labute approximate surface area is 195 Å². The van der Waals surface area contributed by atoms with Crippen LogP contribution in [0.25, 0.3) is 0 Å². The molecule has 1 heterocycles. The number of carbonyl (C=O) groups excluding carboxylic acids is 6. The van der Waals surface area contributed by atoms with Crippen molar-refractivity contribution in [1.82, 2.24) is 15.5 Å². The van der Waals surface area contributed by atoms with E-state index in [1.165, 1.54) is 14.1 Å². The van der Waals surface area contributed by atoms with E-state index in [1.54, 1.807) is 0 Å². The molecule has 0 radical (unpaired) electrons. The Balaban J connectivity index is 2.35. The zero-order valence-electron chi connectivity index (χ0n) is 19.0. The number of imide groups is 1. The standard InChI is InChI=1S/C20H29N5O9/c1-22-19(30)33-11-14(12-34-20(31)23-2)32-9-3-4-16(27)24-15(21)10-13(26)7-8-25-17(28)5-6-18(25)29/h5-6,14H,3-4,7-12H2,1-2H3,(H,22,30)(H,23,31)(H2,21,24,27). The van der Waals surface area contributed by atoms with Gasteiger partial charge < -0.3 is 30.6 Å². The molecule has 0 bridgehead atoms. The summed E-state index contributed by atoms with van der Waals surface area (Å²) < 4.78 is 15.3. The second-order valence-corrected chi connectivity index (χ2v) is 6.92. The Bertz CT molecular complexity index is 802. The zero-order valence-corrected chi connectivity index (χ0v) is 19.0. The Hall–Kier alpha value is -3.81. The van der Waals surface area contributed by atoms with Gasteiger partial charge in [0.1, 0.15) is 30.9 Å². The van der Waals surface area contributed by atoms with Crippen molar-refractivity contribution in [2.24, 2.45) is 10.7 Å². The average Bonchev–Trinajstić information content (AvgIpc) is 3.12. The van der Waals surface area contributed by atoms with Gasteiger partial charge in [0.15, 0.2) is 0 Å². The van der Waals surface area contributed by atoms with Crippen LogP contribution in [0.1, 0.15) is 25.7 Å². The molecule has 0 aliphatic carbocycles. The van der Waals surface area contributed by atoms with Gasteiger partial charge in [-0.3, -0.25) is 24.1 Å². The number of amides is 5. The molecule has 14 nitrogen and oxygen atoms in total. The lowest BCUT2D eigenvalue weighted by Crippen LogP contribution is -2.33. The maximum atomic E-state index is 12.0. The van der Waals surface area contributed by atoms with E-state index in [0.29, 0.717) is 0 Å². The third kappa shape index (κ3) is 11.2. The summed E-state index contributed by atoms with van der Waals surface area (Å²) in [6.45, 7) is -0.355. The Kier molecular flexibility index (Phi) is 12.5. The summed E-state index contributed by atoms with van der Waals surface area (Å²) in [4.78, 5) is 73.8. The quantitative estimate of drug-likeness (QED) is 0.120. The molecular formula is C20H29N5O9. The van der Waals surface area contributed by atoms with Gasteiger partial charge in [0.2, 0.25) is 5.91 Å². The fourth-order valence-corrected chi connectivity index (χ4v) is 2.53. The van der Waals surface area contributed by atoms with E-state index >= 15 is 0 Å². The van der Waals surface area contributed by atoms with Crippen LogP contribution in [0, 0.1) is 0 Å². The fraction of sp³-hybridized carbons (Fsp3) is 0.550. The Morgan fingerprint density at radius 1 is 1.00 bits per heavy atom. The molecule has 0 spiro atoms. The number of nitrogens with two attached hydrogens (primary N) is 1. The second kappa shape index (κ2) is 15.1. The molecule has 5 amide bonds. The lowest BCUT2D eigenvalue weighted by molar-refractivity contribution is -0.137. The van der Waals surface area contributed by atoms with E-state index in [0.717, 1.165) is 17.1 Å². The first kappa shape index (κ1) is 28.2. The molecule has 4 N–H and O–H groups in total. The highest BCUT2D eigenvalue weighted by atomic mass is 16.6. The monoisotopic (exact) mass is 483 g/mol. The third-order valence-corrected chi connectivity index (χ3v) is 4.26. The van der Waals surface area contributed by atoms with Crippen molar-refractivity contribution in [3.63, 3.8) is 0 Å². The summed E-state index contributed by atoms with van der Waals surface area (Å²) in [6, 6.07) is 0. The van der Waals surface area contributed by atoms with Gasteiger partial charge in [-0.2, -0.15) is 0 Å². The minimum absolute atomic E-state index is 0.0311. The number of aliphatic imine (C=N–C) groups is 1. The van der Waals surface area contributed by atoms with E-state index in [4.69, 9.17) is 19.9 Å². The number of ether oxygens (including phenoxy) is 3. The SMILES string of the molecule is CNC(=O)OCC(COC(=O)NC)OCCCC(=O)N=C(N)CC(=O)CCN1C(=O)C=CC1=O. The second-order valence-electron chi connectivity index (χ2n) is 6.92. The van der Waals surface area contributed by atoms with Crippen LogP contribution in [0.2, 0.25) is 0 Å². The highest BCUT2D eigenvalue weighted by Crippen LogP contribution is 2.06. The zero-order chi connectivity index (χ0) is 25.5. The van der Waals surface area contributed by atoms with Crippen molar-refractivity contribution >= 4 is 41.5 Å². The molecule has 14 heteroatoms. The fourth-order valence-electron chi connectivity index (χ4n) is 2.53. The number of nitrogens with zero attached hydrogens (tertiary/aromatic N) is 2. The summed E-state index contributed by atoms with van der Waals surface area (Å²) in [5.74, 6) is -2.09. The predicted octanol–water partition coefficient (Wildman–Crippen LogP) is -0.978. The summed E-state index contributed by atoms with van der Waals surface area (Å²) >= 11 is 0. The highest BCUT2D eigenvalue weighted by molar-refractivity contribution is 6.13. The molecular weight excluding hydrogens is 454 g/mol. The van der Waals surface area contributed by atoms with E-state index < -0.39 is 36.0 Å². The molecule has 0 saturated heterocycles. The molecule has 0 aromatic rings. The van der Waals surface area contributed by atoms with E-state index in [9.17, 15) is 28.8 Å². The van der Waals surface area contributed by atoms with Crippen molar-refractivity contribution < 1.29 is 43.0 Å². The van der Waals surface area contributed by atoms with Crippen molar-refractivity contribution in [1.29, 1.82) is 0 Å². The van der Waals surface area contributed by atoms with Gasteiger partial charge in [0.05, 0.1) is 6.42 Å². The Morgan fingerprint density at radius 3 is 2.09 bits per heavy atom. The third-order valence-electron chi connectivity index (χ3n) is 4.26. The normalized spacial score (nSPS) is 13.3. The molecule has 188 valence electrons. The highest BCUT2D eigenvalue weighted by Gasteiger charge is 2.23. The van der Waals surface area contributed by atoms with Gasteiger partial charge in [0, 0.05) is 52.2 Å². The molecule has 1 aliphatic rings. The minimum Gasteiger partial charge on any atom is -0.447 e. The van der Waals surface area contributed by atoms with E-state index in [-0.39, 0.29) is 63.7 Å². The van der Waals surface area contributed by atoms with Gasteiger partial charge >= 0.3 is 12.2 Å². The smallest absolute Gasteiger partial charge is 0.406 e. The number of ketones is 1. The molecule has 0 saturated carbocycles. The van der Waals surface area contributed by atoms with E-state index in [2.05, 4.69) is 15.6 Å². The van der Waals surface area contributed by atoms with Crippen LogP contribution in [-0.2, 0) is 33.4 Å². The maximum Gasteiger partial charge on any atom is 0.406 e. The van der Waals surface area contributed by atoms with Crippen LogP contribution in [0.5, 0.6) is 0 Å². The minimum atomic E-state index is -0.750. The molecule has 0 unspecified atom stereocenters. The number of amidine groups is 1. The number of nitrogens with one attached hydrogen (secondary N) is 2. The van der Waals surface area contributed by atoms with Gasteiger partial charge in [-0.05, 0) is 6.42 Å². The lowest BCUT2D eigenvalue weighted by atomic mass is 10.2. The summed E-state index contributed by atoms with van der Waals surface area (Å²) in [5, 5.41) is 4.54. The van der Waals surface area contributed by atoms with Crippen LogP contribution in [-0.4, -0.2) is 93.0 Å². The molecule has 0 fully saturated rings. The van der Waals surface area contributed by atoms with Gasteiger partial charge in [-0.25, -0.2) is 14.6 Å². The van der Waals surface area contributed by atoms with Crippen molar-refractivity contribution in [3.05, 3.63) is 12.2 Å². The van der Waals surface area contributed by atoms with Crippen LogP contribution < -0.4 is 16.4 Å². The van der Waals surface area contributed by atoms with E-state index in [1.807, 2.05) is 0 Å². The van der Waals surface area contributed by atoms with Gasteiger partial charge in [0.25, 0.3) is 11.8 Å². The number of hydrogen-bond donors (Lipinski definition) is 3. The molecule has 0 atom stereocenters. The van der Waals surface area contributed by atoms with Gasteiger partial charge in [-0.1, -0.05) is 0 Å². The number of carbonyl (C=O) groups is 6. The summed E-state index contributed by atoms with van der Waals surface area (Å²) in [6.07, 6.45) is -0.0504.